The molecule has 0 aromatic heterocycles. The molecule has 23 heavy (non-hydrogen) atoms. The molecule has 120 valence electrons. The second-order valence-corrected chi connectivity index (χ2v) is 5.10. The molecule has 0 aliphatic heterocycles. The van der Waals surface area contributed by atoms with Crippen LogP contribution < -0.4 is 14.8 Å². The van der Waals surface area contributed by atoms with Crippen molar-refractivity contribution in [3.63, 3.8) is 0 Å². The van der Waals surface area contributed by atoms with Crippen molar-refractivity contribution in [2.45, 2.75) is 6.92 Å². The van der Waals surface area contributed by atoms with Crippen LogP contribution in [0, 0.1) is 0 Å². The van der Waals surface area contributed by atoms with Crippen molar-refractivity contribution < 1.29 is 19.1 Å². The third-order valence-electron chi connectivity index (χ3n) is 3.18. The summed E-state index contributed by atoms with van der Waals surface area (Å²) in [5.74, 6) is -0.154. The lowest BCUT2D eigenvalue weighted by Crippen LogP contribution is -2.12. The van der Waals surface area contributed by atoms with Crippen LogP contribution in [0.5, 0.6) is 11.5 Å². The summed E-state index contributed by atoms with van der Waals surface area (Å²) in [6.45, 7) is 1.36. The number of nitrogens with one attached hydrogen (secondary N) is 1. The van der Waals surface area contributed by atoms with Crippen LogP contribution in [0.3, 0.4) is 0 Å². The number of benzene rings is 2. The van der Waals surface area contributed by atoms with Crippen molar-refractivity contribution in [1.82, 2.24) is 0 Å². The molecule has 2 aromatic rings. The molecule has 0 aliphatic rings. The van der Waals surface area contributed by atoms with Crippen LogP contribution in [0.4, 0.5) is 5.69 Å². The molecule has 0 atom stereocenters. The summed E-state index contributed by atoms with van der Waals surface area (Å²) in [6.07, 6.45) is 0. The van der Waals surface area contributed by atoms with E-state index in [0.29, 0.717) is 11.3 Å². The number of halogens is 1. The van der Waals surface area contributed by atoms with Crippen molar-refractivity contribution in [2.24, 2.45) is 0 Å². The third-order valence-corrected chi connectivity index (χ3v) is 3.56. The lowest BCUT2D eigenvalue weighted by Gasteiger charge is -2.17. The molecule has 0 saturated carbocycles. The first kappa shape index (κ1) is 16.8. The highest BCUT2D eigenvalue weighted by atomic mass is 35.5. The van der Waals surface area contributed by atoms with Crippen LogP contribution >= 0.6 is 11.6 Å². The van der Waals surface area contributed by atoms with Crippen LogP contribution in [0.2, 0.25) is 5.02 Å². The Bertz CT molecular complexity index is 744. The number of carbonyl (C=O) groups is 2. The largest absolute Gasteiger partial charge is 0.495 e. The molecule has 0 radical (unpaired) electrons. The minimum absolute atomic E-state index is 0.132. The Morgan fingerprint density at radius 3 is 2.26 bits per heavy atom. The highest BCUT2D eigenvalue weighted by molar-refractivity contribution is 6.37. The van der Waals surface area contributed by atoms with Gasteiger partial charge >= 0.3 is 0 Å². The van der Waals surface area contributed by atoms with Gasteiger partial charge in [-0.2, -0.15) is 0 Å². The standard InChI is InChI=1S/C17H16ClNO4/c1-10(20)19-12-9-13(22-2)15(18)14(17(12)23-3)16(21)11-7-5-4-6-8-11/h4-9H,1-3H3,(H,19,20). The Kier molecular flexibility index (Phi) is 5.24. The molecular formula is C17H16ClNO4. The molecule has 1 amide bonds. The zero-order valence-electron chi connectivity index (χ0n) is 13.0. The molecule has 0 bridgehead atoms. The highest BCUT2D eigenvalue weighted by Crippen LogP contribution is 2.42. The maximum absolute atomic E-state index is 12.8. The normalized spacial score (nSPS) is 10.1. The second kappa shape index (κ2) is 7.15. The molecule has 2 rings (SSSR count). The summed E-state index contributed by atoms with van der Waals surface area (Å²) in [6, 6.07) is 10.2. The highest BCUT2D eigenvalue weighted by Gasteiger charge is 2.25. The number of anilines is 1. The Balaban J connectivity index is 2.69. The molecule has 0 unspecified atom stereocenters. The van der Waals surface area contributed by atoms with Crippen LogP contribution in [0.15, 0.2) is 36.4 Å². The molecule has 0 saturated heterocycles. The van der Waals surface area contributed by atoms with Crippen molar-refractivity contribution in [3.05, 3.63) is 52.5 Å². The van der Waals surface area contributed by atoms with Gasteiger partial charge in [0, 0.05) is 18.6 Å². The van der Waals surface area contributed by atoms with E-state index in [1.54, 1.807) is 24.3 Å². The van der Waals surface area contributed by atoms with Crippen LogP contribution in [0.25, 0.3) is 0 Å². The van der Waals surface area contributed by atoms with Gasteiger partial charge in [0.25, 0.3) is 0 Å². The molecule has 0 aliphatic carbocycles. The number of carbonyl (C=O) groups excluding carboxylic acids is 2. The van der Waals surface area contributed by atoms with Gasteiger partial charge in [-0.05, 0) is 0 Å². The summed E-state index contributed by atoms with van der Waals surface area (Å²) in [5.41, 5.74) is 0.915. The Morgan fingerprint density at radius 1 is 1.09 bits per heavy atom. The first-order valence-electron chi connectivity index (χ1n) is 6.81. The SMILES string of the molecule is COc1cc(NC(C)=O)c(OC)c(C(=O)c2ccccc2)c1Cl. The van der Waals surface area contributed by atoms with E-state index >= 15 is 0 Å². The Labute approximate surface area is 139 Å². The number of rotatable bonds is 5. The van der Waals surface area contributed by atoms with E-state index in [2.05, 4.69) is 5.32 Å². The van der Waals surface area contributed by atoms with Gasteiger partial charge in [0.05, 0.1) is 30.5 Å². The molecule has 0 spiro atoms. The second-order valence-electron chi connectivity index (χ2n) is 4.72. The maximum atomic E-state index is 12.8. The van der Waals surface area contributed by atoms with Crippen molar-refractivity contribution in [1.29, 1.82) is 0 Å². The van der Waals surface area contributed by atoms with Crippen LogP contribution in [0.1, 0.15) is 22.8 Å². The summed E-state index contributed by atoms with van der Waals surface area (Å²) in [5, 5.41) is 2.75. The molecular weight excluding hydrogens is 318 g/mol. The van der Waals surface area contributed by atoms with Crippen molar-refractivity contribution in [3.8, 4) is 11.5 Å². The predicted octanol–water partition coefficient (Wildman–Crippen LogP) is 3.55. The number of amides is 1. The van der Waals surface area contributed by atoms with Crippen molar-refractivity contribution in [2.75, 3.05) is 19.5 Å². The topological polar surface area (TPSA) is 64.6 Å². The van der Waals surface area contributed by atoms with Gasteiger partial charge < -0.3 is 14.8 Å². The lowest BCUT2D eigenvalue weighted by atomic mass is 10.0. The molecule has 1 N–H and O–H groups in total. The molecule has 0 fully saturated rings. The first-order valence-corrected chi connectivity index (χ1v) is 7.19. The van der Waals surface area contributed by atoms with E-state index in [0.717, 1.165) is 0 Å². The predicted molar refractivity (Wildman–Crippen MR) is 88.7 cm³/mol. The van der Waals surface area contributed by atoms with E-state index in [1.807, 2.05) is 6.07 Å². The van der Waals surface area contributed by atoms with Gasteiger partial charge in [0.1, 0.15) is 5.75 Å². The Morgan fingerprint density at radius 2 is 1.74 bits per heavy atom. The number of methoxy groups -OCH3 is 2. The number of ketones is 1. The number of ether oxygens (including phenoxy) is 2. The van der Waals surface area contributed by atoms with E-state index in [1.165, 1.54) is 27.2 Å². The smallest absolute Gasteiger partial charge is 0.221 e. The van der Waals surface area contributed by atoms with E-state index in [9.17, 15) is 9.59 Å². The summed E-state index contributed by atoms with van der Waals surface area (Å²) >= 11 is 6.31. The van der Waals surface area contributed by atoms with Crippen molar-refractivity contribution >= 4 is 29.0 Å². The average Bonchev–Trinajstić information content (AvgIpc) is 2.55. The van der Waals surface area contributed by atoms with Gasteiger partial charge in [-0.1, -0.05) is 41.9 Å². The maximum Gasteiger partial charge on any atom is 0.221 e. The van der Waals surface area contributed by atoms with Crippen LogP contribution in [-0.4, -0.2) is 25.9 Å². The zero-order valence-corrected chi connectivity index (χ0v) is 13.7. The molecule has 6 heteroatoms. The molecule has 0 heterocycles. The monoisotopic (exact) mass is 333 g/mol. The molecule has 2 aromatic carbocycles. The first-order chi connectivity index (χ1) is 11.0. The summed E-state index contributed by atoms with van der Waals surface area (Å²) < 4.78 is 10.5. The van der Waals surface area contributed by atoms with Gasteiger partial charge in [0.15, 0.2) is 11.5 Å². The fourth-order valence-corrected chi connectivity index (χ4v) is 2.50. The summed E-state index contributed by atoms with van der Waals surface area (Å²) in [7, 11) is 2.84. The van der Waals surface area contributed by atoms with Gasteiger partial charge in [-0.25, -0.2) is 0 Å². The minimum atomic E-state index is -0.321. The third kappa shape index (κ3) is 3.46. The van der Waals surface area contributed by atoms with Gasteiger partial charge in [0.2, 0.25) is 5.91 Å². The average molecular weight is 334 g/mol. The lowest BCUT2D eigenvalue weighted by molar-refractivity contribution is -0.114. The Hall–Kier alpha value is -2.53. The zero-order chi connectivity index (χ0) is 17.0. The minimum Gasteiger partial charge on any atom is -0.495 e. The van der Waals surface area contributed by atoms with E-state index < -0.39 is 0 Å². The van der Waals surface area contributed by atoms with E-state index in [-0.39, 0.29) is 33.8 Å². The fourth-order valence-electron chi connectivity index (χ4n) is 2.20. The van der Waals surface area contributed by atoms with Crippen LogP contribution in [-0.2, 0) is 4.79 Å². The molecule has 5 nitrogen and oxygen atoms in total. The fraction of sp³-hybridized carbons (Fsp3) is 0.176. The van der Waals surface area contributed by atoms with E-state index in [4.69, 9.17) is 21.1 Å². The van der Waals surface area contributed by atoms with Gasteiger partial charge in [-0.15, -0.1) is 0 Å². The summed E-state index contributed by atoms with van der Waals surface area (Å²) in [4.78, 5) is 24.2. The number of hydrogen-bond donors (Lipinski definition) is 1. The quantitative estimate of drug-likeness (QED) is 0.850. The number of hydrogen-bond acceptors (Lipinski definition) is 4. The van der Waals surface area contributed by atoms with Gasteiger partial charge in [-0.3, -0.25) is 9.59 Å².